The Morgan fingerprint density at radius 3 is 1.58 bits per heavy atom. The predicted molar refractivity (Wildman–Crippen MR) is 268 cm³/mol. The van der Waals surface area contributed by atoms with E-state index in [0.717, 1.165) is 22.6 Å². The fourth-order valence-corrected chi connectivity index (χ4v) is 10.8. The summed E-state index contributed by atoms with van der Waals surface area (Å²) in [5.74, 6) is 0. The van der Waals surface area contributed by atoms with Gasteiger partial charge in [0.25, 0.3) is 0 Å². The Bertz CT molecular complexity index is 3640. The van der Waals surface area contributed by atoms with Crippen molar-refractivity contribution < 1.29 is 0 Å². The van der Waals surface area contributed by atoms with Crippen LogP contribution in [-0.2, 0) is 0 Å². The maximum Gasteiger partial charge on any atom is 0.0468 e. The molecular weight excluding hydrogens is 767 g/mol. The molecule has 1 aromatic heterocycles. The Labute approximate surface area is 365 Å². The summed E-state index contributed by atoms with van der Waals surface area (Å²) in [5.41, 5.74) is 13.1. The third-order valence-corrected chi connectivity index (χ3v) is 13.6. The number of nitrogens with zero attached hydrogens (tertiary/aromatic N) is 1. The number of hydrogen-bond donors (Lipinski definition) is 0. The van der Waals surface area contributed by atoms with Crippen molar-refractivity contribution in [3.8, 4) is 44.5 Å². The first-order chi connectivity index (χ1) is 30.7. The molecule has 2 heteroatoms. The summed E-state index contributed by atoms with van der Waals surface area (Å²) in [5, 5.41) is 10.1. The Hall–Kier alpha value is -7.78. The predicted octanol–water partition coefficient (Wildman–Crippen LogP) is 17.7. The van der Waals surface area contributed by atoms with Gasteiger partial charge < -0.3 is 4.90 Å². The van der Waals surface area contributed by atoms with E-state index in [4.69, 9.17) is 0 Å². The van der Waals surface area contributed by atoms with Gasteiger partial charge in [0.1, 0.15) is 0 Å². The van der Waals surface area contributed by atoms with E-state index in [2.05, 4.69) is 241 Å². The normalized spacial score (nSPS) is 11.5. The third-order valence-electron chi connectivity index (χ3n) is 12.4. The van der Waals surface area contributed by atoms with Crippen LogP contribution in [0.5, 0.6) is 0 Å². The summed E-state index contributed by atoms with van der Waals surface area (Å²) >= 11 is 1.88. The first kappa shape index (κ1) is 36.1. The number of benzene rings is 11. The fourth-order valence-electron chi connectivity index (χ4n) is 9.55. The van der Waals surface area contributed by atoms with E-state index in [1.807, 2.05) is 11.3 Å². The number of fused-ring (bicyclic) bond motifs is 7. The highest BCUT2D eigenvalue weighted by molar-refractivity contribution is 7.26. The zero-order chi connectivity index (χ0) is 41.0. The van der Waals surface area contributed by atoms with Gasteiger partial charge >= 0.3 is 0 Å². The van der Waals surface area contributed by atoms with E-state index in [1.54, 1.807) is 0 Å². The standard InChI is InChI=1S/C60H39NS/c1-3-17-41(18-4-1)58-54-28-10-9-26-51(54)52-35-33-45(39-56(52)59(58)42-19-5-2-6-20-42)44-22-13-24-47(37-44)61(49-34-32-40-16-7-8-21-43(40)36-49)48-25-14-23-46(38-48)50-29-15-30-55-53-27-11-12-31-57(53)62-60(50)55/h1-39H. The fraction of sp³-hybridized carbons (Fsp3) is 0. The molecule has 0 radical (unpaired) electrons. The monoisotopic (exact) mass is 805 g/mol. The first-order valence-electron chi connectivity index (χ1n) is 21.2. The Balaban J connectivity index is 1.05. The molecule has 0 saturated heterocycles. The molecule has 0 saturated carbocycles. The van der Waals surface area contributed by atoms with E-state index in [9.17, 15) is 0 Å². The van der Waals surface area contributed by atoms with Crippen molar-refractivity contribution in [2.24, 2.45) is 0 Å². The minimum Gasteiger partial charge on any atom is -0.310 e. The highest BCUT2D eigenvalue weighted by Gasteiger charge is 2.20. The summed E-state index contributed by atoms with van der Waals surface area (Å²) in [6.45, 7) is 0. The van der Waals surface area contributed by atoms with Gasteiger partial charge in [-0.3, -0.25) is 0 Å². The molecule has 0 spiro atoms. The van der Waals surface area contributed by atoms with Crippen molar-refractivity contribution in [1.82, 2.24) is 0 Å². The van der Waals surface area contributed by atoms with Crippen molar-refractivity contribution in [1.29, 1.82) is 0 Å². The minimum atomic E-state index is 1.10. The molecule has 0 aliphatic carbocycles. The van der Waals surface area contributed by atoms with Gasteiger partial charge in [-0.15, -0.1) is 11.3 Å². The van der Waals surface area contributed by atoms with Crippen molar-refractivity contribution in [3.63, 3.8) is 0 Å². The van der Waals surface area contributed by atoms with E-state index in [0.29, 0.717) is 0 Å². The lowest BCUT2D eigenvalue weighted by Gasteiger charge is -2.27. The first-order valence-corrected chi connectivity index (χ1v) is 22.1. The van der Waals surface area contributed by atoms with E-state index >= 15 is 0 Å². The highest BCUT2D eigenvalue weighted by Crippen LogP contribution is 2.47. The van der Waals surface area contributed by atoms with Gasteiger partial charge in [-0.05, 0) is 125 Å². The molecular formula is C60H39NS. The molecule has 0 amide bonds. The van der Waals surface area contributed by atoms with Crippen LogP contribution in [0.2, 0.25) is 0 Å². The molecule has 1 heterocycles. The molecule has 0 aliphatic heterocycles. The van der Waals surface area contributed by atoms with Crippen LogP contribution in [0.25, 0.3) is 97.0 Å². The molecule has 12 rings (SSSR count). The van der Waals surface area contributed by atoms with Gasteiger partial charge in [-0.1, -0.05) is 188 Å². The number of rotatable bonds is 7. The lowest BCUT2D eigenvalue weighted by Crippen LogP contribution is -2.10. The molecule has 62 heavy (non-hydrogen) atoms. The molecule has 12 aromatic rings. The second-order valence-corrected chi connectivity index (χ2v) is 17.1. The van der Waals surface area contributed by atoms with Gasteiger partial charge in [0, 0.05) is 37.2 Å². The lowest BCUT2D eigenvalue weighted by molar-refractivity contribution is 1.29. The number of hydrogen-bond acceptors (Lipinski definition) is 2. The van der Waals surface area contributed by atoms with Gasteiger partial charge in [0.05, 0.1) is 0 Å². The molecule has 0 atom stereocenters. The molecule has 0 N–H and O–H groups in total. The van der Waals surface area contributed by atoms with Crippen LogP contribution in [-0.4, -0.2) is 0 Å². The Kier molecular flexibility index (Phi) is 8.76. The molecule has 11 aromatic carbocycles. The van der Waals surface area contributed by atoms with Crippen LogP contribution in [0.1, 0.15) is 0 Å². The van der Waals surface area contributed by atoms with Crippen LogP contribution in [0.4, 0.5) is 17.1 Å². The average Bonchev–Trinajstić information content (AvgIpc) is 3.73. The highest BCUT2D eigenvalue weighted by atomic mass is 32.1. The third kappa shape index (κ3) is 6.15. The van der Waals surface area contributed by atoms with E-state index in [1.165, 1.54) is 91.4 Å². The molecule has 0 aliphatic rings. The van der Waals surface area contributed by atoms with Gasteiger partial charge in [-0.2, -0.15) is 0 Å². The zero-order valence-corrected chi connectivity index (χ0v) is 34.7. The summed E-state index contributed by atoms with van der Waals surface area (Å²) in [7, 11) is 0. The van der Waals surface area contributed by atoms with Crippen LogP contribution in [0.3, 0.4) is 0 Å². The van der Waals surface area contributed by atoms with E-state index in [-0.39, 0.29) is 0 Å². The largest absolute Gasteiger partial charge is 0.310 e. The second-order valence-electron chi connectivity index (χ2n) is 16.0. The Morgan fingerprint density at radius 1 is 0.274 bits per heavy atom. The van der Waals surface area contributed by atoms with E-state index < -0.39 is 0 Å². The van der Waals surface area contributed by atoms with Gasteiger partial charge in [0.2, 0.25) is 0 Å². The topological polar surface area (TPSA) is 3.24 Å². The summed E-state index contributed by atoms with van der Waals surface area (Å²) in [4.78, 5) is 2.42. The summed E-state index contributed by atoms with van der Waals surface area (Å²) < 4.78 is 2.63. The maximum atomic E-state index is 2.42. The average molecular weight is 806 g/mol. The summed E-state index contributed by atoms with van der Waals surface area (Å²) in [6.07, 6.45) is 0. The smallest absolute Gasteiger partial charge is 0.0468 e. The van der Waals surface area contributed by atoms with Gasteiger partial charge in [-0.25, -0.2) is 0 Å². The molecule has 0 fully saturated rings. The Morgan fingerprint density at radius 2 is 0.806 bits per heavy atom. The van der Waals surface area contributed by atoms with Crippen LogP contribution in [0, 0.1) is 0 Å². The second kappa shape index (κ2) is 15.0. The molecule has 290 valence electrons. The van der Waals surface area contributed by atoms with Crippen LogP contribution >= 0.6 is 11.3 Å². The van der Waals surface area contributed by atoms with Crippen molar-refractivity contribution >= 4 is 80.9 Å². The van der Waals surface area contributed by atoms with Crippen molar-refractivity contribution in [2.75, 3.05) is 4.90 Å². The number of thiophene rings is 1. The van der Waals surface area contributed by atoms with Gasteiger partial charge in [0.15, 0.2) is 0 Å². The molecule has 1 nitrogen and oxygen atoms in total. The van der Waals surface area contributed by atoms with Crippen LogP contribution in [0.15, 0.2) is 237 Å². The molecule has 0 unspecified atom stereocenters. The van der Waals surface area contributed by atoms with Crippen molar-refractivity contribution in [3.05, 3.63) is 237 Å². The molecule has 0 bridgehead atoms. The maximum absolute atomic E-state index is 2.42. The lowest BCUT2D eigenvalue weighted by atomic mass is 9.84. The number of anilines is 3. The van der Waals surface area contributed by atoms with Crippen molar-refractivity contribution in [2.45, 2.75) is 0 Å². The SMILES string of the molecule is c1ccc(-c2c(-c3ccccc3)c3cc(-c4cccc(N(c5cccc(-c6cccc7c6sc6ccccc67)c5)c5ccc6ccccc6c5)c4)ccc3c3ccccc23)cc1. The minimum absolute atomic E-state index is 1.10. The zero-order valence-electron chi connectivity index (χ0n) is 33.9. The quantitative estimate of drug-likeness (QED) is 0.145. The van der Waals surface area contributed by atoms with Crippen LogP contribution < -0.4 is 4.90 Å². The summed E-state index contributed by atoms with van der Waals surface area (Å²) in [6, 6.07) is 86.8.